The fourth-order valence-corrected chi connectivity index (χ4v) is 2.37. The summed E-state index contributed by atoms with van der Waals surface area (Å²) in [5.41, 5.74) is 1.45. The highest BCUT2D eigenvalue weighted by molar-refractivity contribution is 5.87. The Labute approximate surface area is 121 Å². The highest BCUT2D eigenvalue weighted by Gasteiger charge is 2.16. The van der Waals surface area contributed by atoms with Crippen LogP contribution in [-0.4, -0.2) is 23.8 Å². The Balaban J connectivity index is 2.31. The molecule has 0 saturated carbocycles. The number of ether oxygens (including phenoxy) is 2. The number of phenolic OH excluding ortho intramolecular Hbond substituents is 1. The summed E-state index contributed by atoms with van der Waals surface area (Å²) in [7, 11) is 1.41. The van der Waals surface area contributed by atoms with E-state index in [1.54, 1.807) is 12.1 Å². The number of benzene rings is 2. The molecule has 0 saturated heterocycles. The van der Waals surface area contributed by atoms with Gasteiger partial charge in [-0.1, -0.05) is 0 Å². The average molecular weight is 285 g/mol. The zero-order valence-corrected chi connectivity index (χ0v) is 11.8. The third-order valence-corrected chi connectivity index (χ3v) is 3.38. The number of methoxy groups -OCH3 is 1. The van der Waals surface area contributed by atoms with E-state index in [2.05, 4.69) is 4.98 Å². The summed E-state index contributed by atoms with van der Waals surface area (Å²) in [5.74, 6) is 0.524. The van der Waals surface area contributed by atoms with Gasteiger partial charge in [0.2, 0.25) is 11.2 Å². The lowest BCUT2D eigenvalue weighted by molar-refractivity contribution is 0.340. The lowest BCUT2D eigenvalue weighted by Crippen LogP contribution is -2.08. The van der Waals surface area contributed by atoms with Crippen molar-refractivity contribution in [1.82, 2.24) is 4.98 Å². The quantitative estimate of drug-likeness (QED) is 0.726. The second-order valence-electron chi connectivity index (χ2n) is 4.67. The van der Waals surface area contributed by atoms with Crippen LogP contribution < -0.4 is 14.9 Å². The van der Waals surface area contributed by atoms with Crippen molar-refractivity contribution in [1.29, 1.82) is 0 Å². The molecular formula is C16H15NO4. The molecule has 1 aliphatic carbocycles. The van der Waals surface area contributed by atoms with E-state index in [0.717, 1.165) is 16.7 Å². The molecule has 108 valence electrons. The second kappa shape index (κ2) is 5.01. The van der Waals surface area contributed by atoms with E-state index in [4.69, 9.17) is 9.47 Å². The number of H-pyrrole nitrogens is 1. The van der Waals surface area contributed by atoms with E-state index >= 15 is 0 Å². The van der Waals surface area contributed by atoms with E-state index in [-0.39, 0.29) is 11.5 Å². The first-order valence-electron chi connectivity index (χ1n) is 6.63. The molecule has 1 aliphatic heterocycles. The molecule has 0 unspecified atom stereocenters. The molecule has 0 fully saturated rings. The number of nitrogens with one attached hydrogen (secondary N) is 1. The van der Waals surface area contributed by atoms with Gasteiger partial charge in [0.25, 0.3) is 0 Å². The molecule has 0 radical (unpaired) electrons. The summed E-state index contributed by atoms with van der Waals surface area (Å²) in [6, 6.07) is 8.97. The van der Waals surface area contributed by atoms with Crippen LogP contribution in [0, 0.1) is 0 Å². The summed E-state index contributed by atoms with van der Waals surface area (Å²) in [6.07, 6.45) is 0. The normalized spacial score (nSPS) is 11.0. The van der Waals surface area contributed by atoms with Gasteiger partial charge in [-0.05, 0) is 31.2 Å². The molecular weight excluding hydrogens is 270 g/mol. The zero-order chi connectivity index (χ0) is 15.0. The summed E-state index contributed by atoms with van der Waals surface area (Å²) in [5, 5.41) is 10.7. The first-order chi connectivity index (χ1) is 10.1. The van der Waals surface area contributed by atoms with Gasteiger partial charge in [0.15, 0.2) is 5.75 Å². The lowest BCUT2D eigenvalue weighted by Gasteiger charge is -2.12. The predicted molar refractivity (Wildman–Crippen MR) is 80.6 cm³/mol. The second-order valence-corrected chi connectivity index (χ2v) is 4.67. The number of aromatic hydroxyl groups is 1. The molecule has 21 heavy (non-hydrogen) atoms. The van der Waals surface area contributed by atoms with Crippen molar-refractivity contribution in [3.05, 3.63) is 40.6 Å². The fraction of sp³-hybridized carbons (Fsp3) is 0.188. The number of hydrogen-bond acceptors (Lipinski definition) is 4. The zero-order valence-electron chi connectivity index (χ0n) is 11.8. The molecule has 3 rings (SSSR count). The number of rotatable bonds is 3. The number of hydrogen-bond donors (Lipinski definition) is 2. The Morgan fingerprint density at radius 1 is 1.24 bits per heavy atom. The van der Waals surface area contributed by atoms with Crippen molar-refractivity contribution >= 4 is 10.9 Å². The maximum atomic E-state index is 12.2. The van der Waals surface area contributed by atoms with Crippen LogP contribution in [0.2, 0.25) is 0 Å². The molecule has 1 heterocycles. The molecule has 0 amide bonds. The fourth-order valence-electron chi connectivity index (χ4n) is 2.37. The molecule has 1 aromatic rings. The molecule has 0 bridgehead atoms. The van der Waals surface area contributed by atoms with Crippen molar-refractivity contribution in [3.63, 3.8) is 0 Å². The number of phenols is 1. The van der Waals surface area contributed by atoms with Crippen molar-refractivity contribution in [3.8, 4) is 28.5 Å². The maximum Gasteiger partial charge on any atom is 0.233 e. The minimum Gasteiger partial charge on any atom is -0.502 e. The first-order valence-corrected chi connectivity index (χ1v) is 6.63. The highest BCUT2D eigenvalue weighted by Crippen LogP contribution is 2.32. The van der Waals surface area contributed by atoms with E-state index in [1.165, 1.54) is 7.11 Å². The van der Waals surface area contributed by atoms with Crippen LogP contribution in [0.3, 0.4) is 0 Å². The van der Waals surface area contributed by atoms with Crippen LogP contribution in [0.15, 0.2) is 35.1 Å². The van der Waals surface area contributed by atoms with Crippen LogP contribution in [0.5, 0.6) is 17.2 Å². The third kappa shape index (κ3) is 2.16. The third-order valence-electron chi connectivity index (χ3n) is 3.38. The summed E-state index contributed by atoms with van der Waals surface area (Å²) < 4.78 is 10.5. The van der Waals surface area contributed by atoms with Crippen LogP contribution in [0.25, 0.3) is 22.2 Å². The standard InChI is InChI=1S/C16H15NO4/c1-3-21-10-4-5-12-9(6-10)7-11-13(17-12)8-14(20-2)16(19)15(11)18/h4-8,17,19H,3H2,1-2H3. The summed E-state index contributed by atoms with van der Waals surface area (Å²) in [6.45, 7) is 2.49. The Morgan fingerprint density at radius 2 is 2.05 bits per heavy atom. The van der Waals surface area contributed by atoms with Gasteiger partial charge in [-0.15, -0.1) is 0 Å². The minimum absolute atomic E-state index is 0.161. The van der Waals surface area contributed by atoms with Crippen molar-refractivity contribution in [2.24, 2.45) is 0 Å². The topological polar surface area (TPSA) is 71.6 Å². The van der Waals surface area contributed by atoms with Crippen molar-refractivity contribution < 1.29 is 14.6 Å². The van der Waals surface area contributed by atoms with Gasteiger partial charge in [0, 0.05) is 17.0 Å². The average Bonchev–Trinajstić information content (AvgIpc) is 2.50. The Kier molecular flexibility index (Phi) is 3.17. The molecule has 1 aromatic carbocycles. The van der Waals surface area contributed by atoms with Gasteiger partial charge in [-0.3, -0.25) is 4.79 Å². The molecule has 0 atom stereocenters. The summed E-state index contributed by atoms with van der Waals surface area (Å²) >= 11 is 0. The number of aromatic amines is 1. The Hall–Kier alpha value is -2.69. The number of fused-ring (bicyclic) bond motifs is 2. The monoisotopic (exact) mass is 285 g/mol. The minimum atomic E-state index is -0.454. The van der Waals surface area contributed by atoms with E-state index in [9.17, 15) is 9.90 Å². The van der Waals surface area contributed by atoms with Crippen molar-refractivity contribution in [2.45, 2.75) is 6.92 Å². The molecule has 0 aromatic heterocycles. The number of pyridine rings is 1. The van der Waals surface area contributed by atoms with Gasteiger partial charge in [0.05, 0.1) is 25.0 Å². The SMILES string of the molecule is CCOc1ccc2[nH]c3cc(OC)c(O)c(=O)c-3cc2c1. The molecule has 2 aliphatic rings. The van der Waals surface area contributed by atoms with E-state index < -0.39 is 5.43 Å². The first kappa shape index (κ1) is 13.3. The number of aromatic nitrogens is 1. The summed E-state index contributed by atoms with van der Waals surface area (Å²) in [4.78, 5) is 15.4. The lowest BCUT2D eigenvalue weighted by atomic mass is 10.0. The predicted octanol–water partition coefficient (Wildman–Crippen LogP) is 2.75. The Bertz CT molecular complexity index is 838. The van der Waals surface area contributed by atoms with Gasteiger partial charge < -0.3 is 19.6 Å². The van der Waals surface area contributed by atoms with E-state index in [1.807, 2.05) is 25.1 Å². The molecule has 2 N–H and O–H groups in total. The molecule has 5 heteroatoms. The van der Waals surface area contributed by atoms with Crippen LogP contribution in [0.1, 0.15) is 6.92 Å². The Morgan fingerprint density at radius 3 is 2.76 bits per heavy atom. The maximum absolute atomic E-state index is 12.2. The van der Waals surface area contributed by atoms with Gasteiger partial charge in [-0.2, -0.15) is 0 Å². The van der Waals surface area contributed by atoms with Crippen LogP contribution in [0.4, 0.5) is 0 Å². The van der Waals surface area contributed by atoms with Crippen LogP contribution in [-0.2, 0) is 0 Å². The smallest absolute Gasteiger partial charge is 0.233 e. The van der Waals surface area contributed by atoms with Crippen LogP contribution >= 0.6 is 0 Å². The van der Waals surface area contributed by atoms with Gasteiger partial charge in [0.1, 0.15) is 5.75 Å². The largest absolute Gasteiger partial charge is 0.502 e. The van der Waals surface area contributed by atoms with Crippen molar-refractivity contribution in [2.75, 3.05) is 13.7 Å². The van der Waals surface area contributed by atoms with Gasteiger partial charge in [-0.25, -0.2) is 0 Å². The van der Waals surface area contributed by atoms with Gasteiger partial charge >= 0.3 is 0 Å². The highest BCUT2D eigenvalue weighted by atomic mass is 16.5. The van der Waals surface area contributed by atoms with E-state index in [0.29, 0.717) is 17.9 Å². The molecule has 5 nitrogen and oxygen atoms in total. The molecule has 0 spiro atoms.